The fourth-order valence-corrected chi connectivity index (χ4v) is 1.69. The second kappa shape index (κ2) is 6.51. The summed E-state index contributed by atoms with van der Waals surface area (Å²) in [5.74, 6) is -1.51. The second-order valence-electron chi connectivity index (χ2n) is 4.34. The monoisotopic (exact) mass is 287 g/mol. The fraction of sp³-hybridized carbons (Fsp3) is 0.0667. The standard InChI is InChI=1S/C15H14FN3O2/c16-12-7-6-11(17)8-13(12)19-14(20)9-18-15(21)10-4-2-1-3-5-10/h1-8H,9,17H2,(H,18,21)(H,19,20). The topological polar surface area (TPSA) is 84.2 Å². The van der Waals surface area contributed by atoms with Crippen LogP contribution < -0.4 is 16.4 Å². The molecular weight excluding hydrogens is 273 g/mol. The Bertz CT molecular complexity index is 659. The Labute approximate surface area is 121 Å². The van der Waals surface area contributed by atoms with Crippen molar-refractivity contribution in [3.05, 3.63) is 59.9 Å². The van der Waals surface area contributed by atoms with E-state index in [1.165, 1.54) is 12.1 Å². The van der Waals surface area contributed by atoms with Gasteiger partial charge in [0.05, 0.1) is 12.2 Å². The third-order valence-electron chi connectivity index (χ3n) is 2.71. The average molecular weight is 287 g/mol. The number of hydrogen-bond donors (Lipinski definition) is 3. The number of rotatable bonds is 4. The first-order valence-corrected chi connectivity index (χ1v) is 6.24. The first kappa shape index (κ1) is 14.5. The summed E-state index contributed by atoms with van der Waals surface area (Å²) >= 11 is 0. The van der Waals surface area contributed by atoms with Gasteiger partial charge in [-0.3, -0.25) is 9.59 Å². The molecule has 0 unspecified atom stereocenters. The van der Waals surface area contributed by atoms with E-state index >= 15 is 0 Å². The number of carbonyl (C=O) groups is 2. The summed E-state index contributed by atoms with van der Waals surface area (Å²) in [4.78, 5) is 23.4. The number of benzene rings is 2. The number of nitrogens with two attached hydrogens (primary N) is 1. The summed E-state index contributed by atoms with van der Waals surface area (Å²) in [6, 6.07) is 12.3. The molecule has 108 valence electrons. The van der Waals surface area contributed by atoms with E-state index in [0.717, 1.165) is 6.07 Å². The molecule has 0 fully saturated rings. The Balaban J connectivity index is 1.91. The summed E-state index contributed by atoms with van der Waals surface area (Å²) in [6.07, 6.45) is 0. The third kappa shape index (κ3) is 4.04. The Hall–Kier alpha value is -2.89. The lowest BCUT2D eigenvalue weighted by atomic mass is 10.2. The van der Waals surface area contributed by atoms with Crippen molar-refractivity contribution in [2.75, 3.05) is 17.6 Å². The Kier molecular flexibility index (Phi) is 4.50. The molecule has 21 heavy (non-hydrogen) atoms. The number of halogens is 1. The summed E-state index contributed by atoms with van der Waals surface area (Å²) in [5.41, 5.74) is 6.27. The van der Waals surface area contributed by atoms with E-state index in [2.05, 4.69) is 10.6 Å². The van der Waals surface area contributed by atoms with Crippen LogP contribution >= 0.6 is 0 Å². The number of nitrogen functional groups attached to an aromatic ring is 1. The molecule has 0 atom stereocenters. The quantitative estimate of drug-likeness (QED) is 0.749. The van der Waals surface area contributed by atoms with Gasteiger partial charge >= 0.3 is 0 Å². The maximum Gasteiger partial charge on any atom is 0.251 e. The van der Waals surface area contributed by atoms with Gasteiger partial charge in [0.1, 0.15) is 5.82 Å². The minimum Gasteiger partial charge on any atom is -0.399 e. The summed E-state index contributed by atoms with van der Waals surface area (Å²) < 4.78 is 13.4. The molecule has 0 aliphatic carbocycles. The van der Waals surface area contributed by atoms with Crippen LogP contribution in [0.3, 0.4) is 0 Å². The maximum atomic E-state index is 13.4. The molecule has 2 aromatic rings. The molecule has 0 aliphatic heterocycles. The number of nitrogens with one attached hydrogen (secondary N) is 2. The Morgan fingerprint density at radius 2 is 1.81 bits per heavy atom. The second-order valence-corrected chi connectivity index (χ2v) is 4.34. The van der Waals surface area contributed by atoms with E-state index in [1.54, 1.807) is 30.3 Å². The SMILES string of the molecule is Nc1ccc(F)c(NC(=O)CNC(=O)c2ccccc2)c1. The fourth-order valence-electron chi connectivity index (χ4n) is 1.69. The van der Waals surface area contributed by atoms with Crippen molar-refractivity contribution in [3.63, 3.8) is 0 Å². The Morgan fingerprint density at radius 1 is 1.10 bits per heavy atom. The van der Waals surface area contributed by atoms with Crippen molar-refractivity contribution in [1.29, 1.82) is 0 Å². The number of amides is 2. The molecule has 0 spiro atoms. The van der Waals surface area contributed by atoms with E-state index in [-0.39, 0.29) is 18.1 Å². The van der Waals surface area contributed by atoms with Crippen molar-refractivity contribution < 1.29 is 14.0 Å². The third-order valence-corrected chi connectivity index (χ3v) is 2.71. The molecule has 0 bridgehead atoms. The minimum absolute atomic E-state index is 0.0195. The van der Waals surface area contributed by atoms with Crippen LogP contribution in [0.4, 0.5) is 15.8 Å². The van der Waals surface area contributed by atoms with E-state index in [1.807, 2.05) is 0 Å². The molecule has 5 nitrogen and oxygen atoms in total. The van der Waals surface area contributed by atoms with Gasteiger partial charge < -0.3 is 16.4 Å². The van der Waals surface area contributed by atoms with Crippen molar-refractivity contribution in [2.24, 2.45) is 0 Å². The van der Waals surface area contributed by atoms with Gasteiger partial charge in [-0.1, -0.05) is 18.2 Å². The molecule has 2 aromatic carbocycles. The first-order valence-electron chi connectivity index (χ1n) is 6.24. The number of anilines is 2. The Morgan fingerprint density at radius 3 is 2.52 bits per heavy atom. The van der Waals surface area contributed by atoms with Crippen LogP contribution in [0.1, 0.15) is 10.4 Å². The maximum absolute atomic E-state index is 13.4. The molecule has 0 aromatic heterocycles. The van der Waals surface area contributed by atoms with Crippen molar-refractivity contribution in [1.82, 2.24) is 5.32 Å². The average Bonchev–Trinajstić information content (AvgIpc) is 2.49. The van der Waals surface area contributed by atoms with Gasteiger partial charge in [0.15, 0.2) is 0 Å². The predicted octanol–water partition coefficient (Wildman–Crippen LogP) is 1.78. The summed E-state index contributed by atoms with van der Waals surface area (Å²) in [7, 11) is 0. The van der Waals surface area contributed by atoms with Gasteiger partial charge in [-0.25, -0.2) is 4.39 Å². The molecule has 2 amide bonds. The molecule has 0 saturated heterocycles. The lowest BCUT2D eigenvalue weighted by molar-refractivity contribution is -0.115. The van der Waals surface area contributed by atoms with Crippen LogP contribution in [0.25, 0.3) is 0 Å². The molecule has 2 rings (SSSR count). The van der Waals surface area contributed by atoms with Gasteiger partial charge in [-0.15, -0.1) is 0 Å². The van der Waals surface area contributed by atoms with Crippen LogP contribution in [0, 0.1) is 5.82 Å². The van der Waals surface area contributed by atoms with Gasteiger partial charge in [0.2, 0.25) is 5.91 Å². The van der Waals surface area contributed by atoms with E-state index in [4.69, 9.17) is 5.73 Å². The highest BCUT2D eigenvalue weighted by Crippen LogP contribution is 2.16. The molecule has 0 heterocycles. The normalized spacial score (nSPS) is 9.95. The van der Waals surface area contributed by atoms with Crippen LogP contribution in [0.2, 0.25) is 0 Å². The number of carbonyl (C=O) groups excluding carboxylic acids is 2. The highest BCUT2D eigenvalue weighted by Gasteiger charge is 2.10. The largest absolute Gasteiger partial charge is 0.399 e. The highest BCUT2D eigenvalue weighted by atomic mass is 19.1. The predicted molar refractivity (Wildman–Crippen MR) is 78.2 cm³/mol. The summed E-state index contributed by atoms with van der Waals surface area (Å²) in [6.45, 7) is -0.262. The van der Waals surface area contributed by atoms with Crippen LogP contribution in [-0.4, -0.2) is 18.4 Å². The van der Waals surface area contributed by atoms with Gasteiger partial charge in [0.25, 0.3) is 5.91 Å². The molecule has 6 heteroatoms. The van der Waals surface area contributed by atoms with E-state index in [9.17, 15) is 14.0 Å². The minimum atomic E-state index is -0.591. The molecule has 0 saturated carbocycles. The molecular formula is C15H14FN3O2. The zero-order valence-electron chi connectivity index (χ0n) is 11.1. The summed E-state index contributed by atoms with van der Waals surface area (Å²) in [5, 5.41) is 4.80. The van der Waals surface area contributed by atoms with Gasteiger partial charge in [-0.2, -0.15) is 0 Å². The van der Waals surface area contributed by atoms with Gasteiger partial charge in [-0.05, 0) is 30.3 Å². The highest BCUT2D eigenvalue weighted by molar-refractivity contribution is 5.99. The number of hydrogen-bond acceptors (Lipinski definition) is 3. The van der Waals surface area contributed by atoms with Crippen molar-refractivity contribution >= 4 is 23.2 Å². The molecule has 4 N–H and O–H groups in total. The van der Waals surface area contributed by atoms with E-state index in [0.29, 0.717) is 11.3 Å². The van der Waals surface area contributed by atoms with Crippen LogP contribution in [0.15, 0.2) is 48.5 Å². The molecule has 0 aliphatic rings. The van der Waals surface area contributed by atoms with Crippen molar-refractivity contribution in [2.45, 2.75) is 0 Å². The first-order chi connectivity index (χ1) is 10.1. The molecule has 0 radical (unpaired) electrons. The van der Waals surface area contributed by atoms with Crippen LogP contribution in [-0.2, 0) is 4.79 Å². The zero-order valence-corrected chi connectivity index (χ0v) is 11.1. The lowest BCUT2D eigenvalue weighted by Crippen LogP contribution is -2.33. The van der Waals surface area contributed by atoms with Crippen molar-refractivity contribution in [3.8, 4) is 0 Å². The van der Waals surface area contributed by atoms with Gasteiger partial charge in [0, 0.05) is 11.3 Å². The lowest BCUT2D eigenvalue weighted by Gasteiger charge is -2.08. The van der Waals surface area contributed by atoms with E-state index < -0.39 is 11.7 Å². The smallest absolute Gasteiger partial charge is 0.251 e. The zero-order chi connectivity index (χ0) is 15.2. The van der Waals surface area contributed by atoms with Crippen LogP contribution in [0.5, 0.6) is 0 Å².